The molecule has 1 rings (SSSR count). The van der Waals surface area contributed by atoms with Gasteiger partial charge in [-0.15, -0.1) is 35.3 Å². The first-order valence-electron chi connectivity index (χ1n) is 6.82. The molecule has 0 spiro atoms. The summed E-state index contributed by atoms with van der Waals surface area (Å²) >= 11 is 1.68. The maximum absolute atomic E-state index is 5.37. The van der Waals surface area contributed by atoms with Crippen LogP contribution < -0.4 is 10.6 Å². The zero-order valence-corrected chi connectivity index (χ0v) is 16.8. The highest BCUT2D eigenvalue weighted by atomic mass is 127. The van der Waals surface area contributed by atoms with E-state index in [4.69, 9.17) is 4.74 Å². The molecule has 7 heteroatoms. The van der Waals surface area contributed by atoms with E-state index in [9.17, 15) is 0 Å². The van der Waals surface area contributed by atoms with Crippen molar-refractivity contribution in [2.24, 2.45) is 4.99 Å². The van der Waals surface area contributed by atoms with E-state index in [0.717, 1.165) is 16.7 Å². The molecule has 0 fully saturated rings. The third-order valence-corrected chi connectivity index (χ3v) is 3.89. The van der Waals surface area contributed by atoms with E-state index in [0.29, 0.717) is 19.0 Å². The van der Waals surface area contributed by atoms with Crippen LogP contribution in [0.3, 0.4) is 0 Å². The Hall–Kier alpha value is -0.410. The minimum Gasteiger partial charge on any atom is -0.377 e. The Morgan fingerprint density at radius 1 is 1.43 bits per heavy atom. The van der Waals surface area contributed by atoms with Crippen LogP contribution in [0.5, 0.6) is 0 Å². The molecule has 0 aliphatic rings. The van der Waals surface area contributed by atoms with Gasteiger partial charge in [-0.05, 0) is 19.8 Å². The molecular formula is C14H27IN4OS. The Morgan fingerprint density at radius 2 is 2.10 bits per heavy atom. The lowest BCUT2D eigenvalue weighted by Gasteiger charge is -2.24. The number of hydrogen-bond acceptors (Lipinski definition) is 4. The highest BCUT2D eigenvalue weighted by molar-refractivity contribution is 14.0. The van der Waals surface area contributed by atoms with Crippen molar-refractivity contribution in [2.45, 2.75) is 45.8 Å². The van der Waals surface area contributed by atoms with Gasteiger partial charge in [-0.25, -0.2) is 4.98 Å². The monoisotopic (exact) mass is 426 g/mol. The topological polar surface area (TPSA) is 58.5 Å². The third-order valence-electron chi connectivity index (χ3n) is 3.03. The minimum atomic E-state index is -0.219. The summed E-state index contributed by atoms with van der Waals surface area (Å²) in [5.74, 6) is 1.23. The van der Waals surface area contributed by atoms with Crippen LogP contribution in [0.1, 0.15) is 44.3 Å². The van der Waals surface area contributed by atoms with Crippen molar-refractivity contribution in [3.63, 3.8) is 0 Å². The number of nitrogens with one attached hydrogen (secondary N) is 2. The van der Waals surface area contributed by atoms with Gasteiger partial charge in [-0.3, -0.25) is 4.99 Å². The van der Waals surface area contributed by atoms with Crippen molar-refractivity contribution in [1.29, 1.82) is 0 Å². The van der Waals surface area contributed by atoms with Crippen LogP contribution >= 0.6 is 35.3 Å². The molecule has 0 saturated heterocycles. The van der Waals surface area contributed by atoms with Crippen molar-refractivity contribution in [1.82, 2.24) is 15.6 Å². The lowest BCUT2D eigenvalue weighted by molar-refractivity contribution is 0.0268. The van der Waals surface area contributed by atoms with Crippen molar-refractivity contribution >= 4 is 41.3 Å². The minimum absolute atomic E-state index is 0. The summed E-state index contributed by atoms with van der Waals surface area (Å²) < 4.78 is 5.37. The van der Waals surface area contributed by atoms with E-state index >= 15 is 0 Å². The Bertz CT molecular complexity index is 446. The number of rotatable bonds is 6. The van der Waals surface area contributed by atoms with Gasteiger partial charge in [-0.2, -0.15) is 0 Å². The van der Waals surface area contributed by atoms with Crippen molar-refractivity contribution in [3.8, 4) is 0 Å². The standard InChI is InChI=1S/C14H26N4OS.HI/c1-10(2)11-8-20-12(18-11)7-16-13(15-5)17-9-14(3,4)19-6;/h8,10H,7,9H2,1-6H3,(H2,15,16,17);1H. The van der Waals surface area contributed by atoms with E-state index in [1.807, 2.05) is 13.8 Å². The molecule has 21 heavy (non-hydrogen) atoms. The highest BCUT2D eigenvalue weighted by Gasteiger charge is 2.16. The lowest BCUT2D eigenvalue weighted by atomic mass is 10.1. The molecular weight excluding hydrogens is 399 g/mol. The van der Waals surface area contributed by atoms with Crippen LogP contribution in [0, 0.1) is 0 Å². The van der Waals surface area contributed by atoms with Crippen LogP contribution in [0.4, 0.5) is 0 Å². The van der Waals surface area contributed by atoms with E-state index in [1.165, 1.54) is 0 Å². The van der Waals surface area contributed by atoms with Crippen LogP contribution in [0.25, 0.3) is 0 Å². The summed E-state index contributed by atoms with van der Waals surface area (Å²) in [6, 6.07) is 0. The fourth-order valence-electron chi connectivity index (χ4n) is 1.42. The number of thiazole rings is 1. The lowest BCUT2D eigenvalue weighted by Crippen LogP contribution is -2.45. The molecule has 0 radical (unpaired) electrons. The Labute approximate surface area is 149 Å². The quantitative estimate of drug-likeness (QED) is 0.417. The van der Waals surface area contributed by atoms with Gasteiger partial charge in [0.25, 0.3) is 0 Å². The number of aromatic nitrogens is 1. The van der Waals surface area contributed by atoms with Crippen molar-refractivity contribution in [3.05, 3.63) is 16.1 Å². The second kappa shape index (κ2) is 9.58. The predicted molar refractivity (Wildman–Crippen MR) is 101 cm³/mol. The molecule has 0 amide bonds. The van der Waals surface area contributed by atoms with E-state index in [2.05, 4.69) is 39.8 Å². The third kappa shape index (κ3) is 7.42. The highest BCUT2D eigenvalue weighted by Crippen LogP contribution is 2.17. The summed E-state index contributed by atoms with van der Waals surface area (Å²) in [5.41, 5.74) is 0.930. The summed E-state index contributed by atoms with van der Waals surface area (Å²) in [4.78, 5) is 8.79. The zero-order chi connectivity index (χ0) is 15.2. The Kier molecular flexibility index (Phi) is 9.39. The summed E-state index contributed by atoms with van der Waals surface area (Å²) in [7, 11) is 3.47. The van der Waals surface area contributed by atoms with Gasteiger partial charge in [-0.1, -0.05) is 13.8 Å². The van der Waals surface area contributed by atoms with Gasteiger partial charge in [0.15, 0.2) is 5.96 Å². The molecule has 1 heterocycles. The van der Waals surface area contributed by atoms with Crippen LogP contribution in [0.2, 0.25) is 0 Å². The zero-order valence-electron chi connectivity index (χ0n) is 13.7. The SMILES string of the molecule is CN=C(NCc1nc(C(C)C)cs1)NCC(C)(C)OC.I. The molecule has 0 atom stereocenters. The molecule has 2 N–H and O–H groups in total. The first-order valence-corrected chi connectivity index (χ1v) is 7.70. The van der Waals surface area contributed by atoms with E-state index < -0.39 is 0 Å². The molecule has 5 nitrogen and oxygen atoms in total. The summed E-state index contributed by atoms with van der Waals surface area (Å²) in [6.07, 6.45) is 0. The molecule has 1 aromatic heterocycles. The molecule has 122 valence electrons. The van der Waals surface area contributed by atoms with Crippen LogP contribution in [0.15, 0.2) is 10.4 Å². The number of aliphatic imine (C=N–C) groups is 1. The fraction of sp³-hybridized carbons (Fsp3) is 0.714. The molecule has 0 unspecified atom stereocenters. The van der Waals surface area contributed by atoms with Crippen LogP contribution in [-0.2, 0) is 11.3 Å². The molecule has 0 saturated carbocycles. The Morgan fingerprint density at radius 3 is 2.57 bits per heavy atom. The van der Waals surface area contributed by atoms with E-state index in [1.54, 1.807) is 25.5 Å². The van der Waals surface area contributed by atoms with Crippen molar-refractivity contribution < 1.29 is 4.74 Å². The maximum atomic E-state index is 5.37. The molecule has 1 aromatic rings. The number of hydrogen-bond donors (Lipinski definition) is 2. The predicted octanol–water partition coefficient (Wildman–Crippen LogP) is 2.97. The normalized spacial score (nSPS) is 12.2. The maximum Gasteiger partial charge on any atom is 0.191 e. The van der Waals surface area contributed by atoms with Gasteiger partial charge < -0.3 is 15.4 Å². The first kappa shape index (κ1) is 20.6. The van der Waals surface area contributed by atoms with Gasteiger partial charge >= 0.3 is 0 Å². The van der Waals surface area contributed by atoms with E-state index in [-0.39, 0.29) is 29.6 Å². The molecule has 0 aliphatic carbocycles. The van der Waals surface area contributed by atoms with Gasteiger partial charge in [0.1, 0.15) is 5.01 Å². The Balaban J connectivity index is 0.00000400. The fourth-order valence-corrected chi connectivity index (χ4v) is 2.32. The summed E-state index contributed by atoms with van der Waals surface area (Å²) in [6.45, 7) is 9.74. The van der Waals surface area contributed by atoms with Gasteiger partial charge in [0.05, 0.1) is 17.8 Å². The number of nitrogens with zero attached hydrogens (tertiary/aromatic N) is 2. The molecule has 0 aromatic carbocycles. The number of halogens is 1. The first-order chi connectivity index (χ1) is 9.38. The number of ether oxygens (including phenoxy) is 1. The average molecular weight is 426 g/mol. The van der Waals surface area contributed by atoms with Gasteiger partial charge in [0.2, 0.25) is 0 Å². The average Bonchev–Trinajstić information content (AvgIpc) is 2.88. The summed E-state index contributed by atoms with van der Waals surface area (Å²) in [5, 5.41) is 9.71. The van der Waals surface area contributed by atoms with Gasteiger partial charge in [0, 0.05) is 26.1 Å². The smallest absolute Gasteiger partial charge is 0.191 e. The van der Waals surface area contributed by atoms with Crippen molar-refractivity contribution in [2.75, 3.05) is 20.7 Å². The number of methoxy groups -OCH3 is 1. The molecule has 0 aliphatic heterocycles. The largest absolute Gasteiger partial charge is 0.377 e. The van der Waals surface area contributed by atoms with Crippen LogP contribution in [-0.4, -0.2) is 37.2 Å². The number of guanidine groups is 1. The second-order valence-electron chi connectivity index (χ2n) is 5.56. The molecule has 0 bridgehead atoms. The second-order valence-corrected chi connectivity index (χ2v) is 6.51.